The van der Waals surface area contributed by atoms with Crippen molar-refractivity contribution < 1.29 is 57.9 Å². The summed E-state index contributed by atoms with van der Waals surface area (Å²) in [6.07, 6.45) is -6.96. The number of ether oxygens (including phenoxy) is 4. The minimum absolute atomic E-state index is 0.0270. The molecule has 0 aliphatic carbocycles. The number of aliphatic hydroxyl groups is 2. The van der Waals surface area contributed by atoms with Crippen molar-refractivity contribution in [2.75, 3.05) is 6.61 Å². The number of amides is 5. The molecule has 17 heteroatoms. The van der Waals surface area contributed by atoms with Crippen LogP contribution in [0.15, 0.2) is 60.7 Å². The van der Waals surface area contributed by atoms with Crippen LogP contribution in [0.5, 0.6) is 0 Å². The molecule has 2 aromatic rings. The Kier molecular flexibility index (Phi) is 16.8. The van der Waals surface area contributed by atoms with E-state index in [1.54, 1.807) is 24.3 Å². The first-order valence-electron chi connectivity index (χ1n) is 17.1. The quantitative estimate of drug-likeness (QED) is 0.0862. The van der Waals surface area contributed by atoms with Crippen molar-refractivity contribution in [3.63, 3.8) is 0 Å². The third-order valence-electron chi connectivity index (χ3n) is 8.24. The summed E-state index contributed by atoms with van der Waals surface area (Å²) in [5.41, 5.74) is 7.02. The van der Waals surface area contributed by atoms with Crippen LogP contribution in [0.4, 0.5) is 0 Å². The molecule has 1 fully saturated rings. The number of nitrogens with one attached hydrogen (secondary N) is 4. The second kappa shape index (κ2) is 20.9. The van der Waals surface area contributed by atoms with Crippen LogP contribution < -0.4 is 27.0 Å². The van der Waals surface area contributed by atoms with Crippen LogP contribution in [0.2, 0.25) is 0 Å². The molecular formula is C36H49N5O12. The molecule has 290 valence electrons. The Morgan fingerprint density at radius 3 is 2.02 bits per heavy atom. The molecule has 17 nitrogen and oxygen atoms in total. The average molecular weight is 744 g/mol. The van der Waals surface area contributed by atoms with Crippen molar-refractivity contribution >= 4 is 35.5 Å². The molecular weight excluding hydrogens is 694 g/mol. The molecule has 2 aromatic carbocycles. The molecule has 53 heavy (non-hydrogen) atoms. The number of benzene rings is 2. The van der Waals surface area contributed by atoms with E-state index in [1.807, 2.05) is 36.4 Å². The molecule has 1 aliphatic rings. The first-order chi connectivity index (χ1) is 25.2. The van der Waals surface area contributed by atoms with E-state index in [0.717, 1.165) is 11.1 Å². The van der Waals surface area contributed by atoms with E-state index in [4.69, 9.17) is 24.7 Å². The maximum Gasteiger partial charge on any atom is 0.328 e. The van der Waals surface area contributed by atoms with E-state index in [9.17, 15) is 39.0 Å². The minimum Gasteiger partial charge on any atom is -0.459 e. The molecule has 0 saturated carbocycles. The van der Waals surface area contributed by atoms with Gasteiger partial charge in [-0.25, -0.2) is 4.79 Å². The molecule has 3 rings (SSSR count). The van der Waals surface area contributed by atoms with Crippen LogP contribution in [0, 0.1) is 0 Å². The number of hydrogen-bond donors (Lipinski definition) is 7. The maximum absolute atomic E-state index is 13.2. The molecule has 0 radical (unpaired) electrons. The van der Waals surface area contributed by atoms with Crippen molar-refractivity contribution in [3.05, 3.63) is 71.8 Å². The lowest BCUT2D eigenvalue weighted by atomic mass is 9.96. The second-order valence-corrected chi connectivity index (χ2v) is 12.6. The third-order valence-corrected chi connectivity index (χ3v) is 8.24. The highest BCUT2D eigenvalue weighted by molar-refractivity contribution is 5.92. The average Bonchev–Trinajstić information content (AvgIpc) is 3.13. The Balaban J connectivity index is 1.54. The summed E-state index contributed by atoms with van der Waals surface area (Å²) in [6, 6.07) is 13.4. The summed E-state index contributed by atoms with van der Waals surface area (Å²) in [4.78, 5) is 75.2. The highest BCUT2D eigenvalue weighted by Crippen LogP contribution is 2.26. The van der Waals surface area contributed by atoms with Crippen LogP contribution in [0.1, 0.15) is 51.7 Å². The van der Waals surface area contributed by atoms with Crippen molar-refractivity contribution in [1.29, 1.82) is 0 Å². The van der Waals surface area contributed by atoms with Gasteiger partial charge < -0.3 is 56.2 Å². The van der Waals surface area contributed by atoms with Gasteiger partial charge in [-0.3, -0.25) is 24.0 Å². The van der Waals surface area contributed by atoms with Crippen LogP contribution in [-0.4, -0.2) is 107 Å². The Labute approximate surface area is 307 Å². The Bertz CT molecular complexity index is 1530. The zero-order valence-electron chi connectivity index (χ0n) is 30.1. The van der Waals surface area contributed by atoms with Gasteiger partial charge in [0.1, 0.15) is 55.2 Å². The van der Waals surface area contributed by atoms with Gasteiger partial charge in [0.2, 0.25) is 29.5 Å². The van der Waals surface area contributed by atoms with Gasteiger partial charge in [0.25, 0.3) is 0 Å². The van der Waals surface area contributed by atoms with Gasteiger partial charge in [0.05, 0.1) is 13.2 Å². The first kappa shape index (κ1) is 42.5. The van der Waals surface area contributed by atoms with Crippen molar-refractivity contribution in [3.8, 4) is 0 Å². The molecule has 1 saturated heterocycles. The SMILES string of the molecule is CC(=O)N[C@H]1[C@@H](OCc2ccccc2)O[C@H](CO)[C@@H](O)[C@@H]1OC(C)C(=O)NC(C)C(=O)NC(CCC(=O)NC(C)C(=O)OCc1ccccc1)C(N)=O. The minimum atomic E-state index is -1.50. The van der Waals surface area contributed by atoms with E-state index >= 15 is 0 Å². The molecule has 5 amide bonds. The normalized spacial score (nSPS) is 21.9. The maximum atomic E-state index is 13.2. The van der Waals surface area contributed by atoms with E-state index in [-0.39, 0.29) is 26.1 Å². The summed E-state index contributed by atoms with van der Waals surface area (Å²) in [6.45, 7) is 4.84. The van der Waals surface area contributed by atoms with E-state index in [0.29, 0.717) is 0 Å². The van der Waals surface area contributed by atoms with Crippen molar-refractivity contribution in [2.24, 2.45) is 5.73 Å². The van der Waals surface area contributed by atoms with Gasteiger partial charge in [0.15, 0.2) is 6.29 Å². The lowest BCUT2D eigenvalue weighted by molar-refractivity contribution is -0.283. The fourth-order valence-electron chi connectivity index (χ4n) is 5.29. The topological polar surface area (TPSA) is 254 Å². The Morgan fingerprint density at radius 1 is 0.849 bits per heavy atom. The predicted octanol–water partition coefficient (Wildman–Crippen LogP) is -0.937. The van der Waals surface area contributed by atoms with Gasteiger partial charge in [-0.05, 0) is 38.3 Å². The van der Waals surface area contributed by atoms with Gasteiger partial charge in [-0.2, -0.15) is 0 Å². The highest BCUT2D eigenvalue weighted by atomic mass is 16.7. The number of esters is 1. The number of carbonyl (C=O) groups excluding carboxylic acids is 6. The lowest BCUT2D eigenvalue weighted by Gasteiger charge is -2.44. The highest BCUT2D eigenvalue weighted by Gasteiger charge is 2.48. The zero-order chi connectivity index (χ0) is 39.1. The van der Waals surface area contributed by atoms with Crippen molar-refractivity contribution in [2.45, 2.75) is 109 Å². The lowest BCUT2D eigenvalue weighted by Crippen LogP contribution is -2.66. The van der Waals surface area contributed by atoms with Gasteiger partial charge in [0, 0.05) is 13.3 Å². The Morgan fingerprint density at radius 2 is 1.45 bits per heavy atom. The van der Waals surface area contributed by atoms with E-state index in [2.05, 4.69) is 21.3 Å². The number of nitrogens with two attached hydrogens (primary N) is 1. The molecule has 0 spiro atoms. The number of primary amides is 1. The number of hydrogen-bond acceptors (Lipinski definition) is 12. The monoisotopic (exact) mass is 743 g/mol. The summed E-state index contributed by atoms with van der Waals surface area (Å²) in [5, 5.41) is 30.8. The third kappa shape index (κ3) is 13.5. The van der Waals surface area contributed by atoms with E-state index < -0.39 is 97.0 Å². The summed E-state index contributed by atoms with van der Waals surface area (Å²) < 4.78 is 22.8. The van der Waals surface area contributed by atoms with E-state index in [1.165, 1.54) is 27.7 Å². The predicted molar refractivity (Wildman–Crippen MR) is 187 cm³/mol. The molecule has 0 aromatic heterocycles. The largest absolute Gasteiger partial charge is 0.459 e. The molecule has 0 bridgehead atoms. The standard InChI is InChI=1S/C36H49N5O12/c1-20(33(47)41-26(32(37)46)15-16-28(44)38-21(2)35(49)50-18-24-11-7-5-8-12-24)39-34(48)22(3)52-31-29(40-23(4)43)36(53-27(17-42)30(31)45)51-19-25-13-9-6-10-14-25/h5-14,20-22,26-27,29-31,36,42,45H,15-19H2,1-4H3,(H2,37,46)(H,38,44)(H,39,48)(H,40,43)(H,41,47)/t20?,21?,22?,26?,27-,29-,30-,31-,36+/m1/s1. The Hall–Kier alpha value is -4.94. The van der Waals surface area contributed by atoms with Crippen LogP contribution in [0.3, 0.4) is 0 Å². The summed E-state index contributed by atoms with van der Waals surface area (Å²) >= 11 is 0. The molecule has 1 heterocycles. The second-order valence-electron chi connectivity index (χ2n) is 12.6. The van der Waals surface area contributed by atoms with Crippen molar-refractivity contribution in [1.82, 2.24) is 21.3 Å². The fourth-order valence-corrected chi connectivity index (χ4v) is 5.29. The van der Waals surface area contributed by atoms with Gasteiger partial charge >= 0.3 is 5.97 Å². The first-order valence-corrected chi connectivity index (χ1v) is 17.1. The summed E-state index contributed by atoms with van der Waals surface area (Å²) in [5.74, 6) is -4.29. The van der Waals surface area contributed by atoms with Crippen LogP contribution in [-0.2, 0) is 60.9 Å². The summed E-state index contributed by atoms with van der Waals surface area (Å²) in [7, 11) is 0. The van der Waals surface area contributed by atoms with Gasteiger partial charge in [-0.1, -0.05) is 60.7 Å². The molecule has 4 unspecified atom stereocenters. The molecule has 9 atom stereocenters. The molecule has 1 aliphatic heterocycles. The van der Waals surface area contributed by atoms with Gasteiger partial charge in [-0.15, -0.1) is 0 Å². The number of aliphatic hydroxyl groups excluding tert-OH is 2. The number of carbonyl (C=O) groups is 6. The number of rotatable bonds is 19. The molecule has 8 N–H and O–H groups in total. The van der Waals surface area contributed by atoms with Crippen LogP contribution in [0.25, 0.3) is 0 Å². The smallest absolute Gasteiger partial charge is 0.328 e. The zero-order valence-corrected chi connectivity index (χ0v) is 30.1. The fraction of sp³-hybridized carbons (Fsp3) is 0.500. The van der Waals surface area contributed by atoms with Crippen LogP contribution >= 0.6 is 0 Å².